The molecule has 1 N–H and O–H groups in total. The van der Waals surface area contributed by atoms with Gasteiger partial charge in [-0.1, -0.05) is 25.0 Å². The highest BCUT2D eigenvalue weighted by molar-refractivity contribution is 7.99. The van der Waals surface area contributed by atoms with Crippen molar-refractivity contribution in [2.75, 3.05) is 19.6 Å². The highest BCUT2D eigenvalue weighted by Gasteiger charge is 2.23. The van der Waals surface area contributed by atoms with E-state index in [2.05, 4.69) is 9.88 Å². The zero-order valence-electron chi connectivity index (χ0n) is 16.1. The summed E-state index contributed by atoms with van der Waals surface area (Å²) in [7, 11) is 0. The predicted octanol–water partition coefficient (Wildman–Crippen LogP) is 4.54. The van der Waals surface area contributed by atoms with E-state index in [1.165, 1.54) is 58.2 Å². The van der Waals surface area contributed by atoms with Crippen molar-refractivity contribution in [3.05, 3.63) is 39.9 Å². The van der Waals surface area contributed by atoms with E-state index in [1.807, 2.05) is 36.9 Å². The van der Waals surface area contributed by atoms with Crippen LogP contribution in [-0.2, 0) is 5.75 Å². The van der Waals surface area contributed by atoms with Crippen LogP contribution in [0, 0.1) is 12.8 Å². The summed E-state index contributed by atoms with van der Waals surface area (Å²) in [5.41, 5.74) is 1.90. The molecule has 2 heterocycles. The van der Waals surface area contributed by atoms with Gasteiger partial charge in [0.25, 0.3) is 5.56 Å². The molecule has 1 aromatic carbocycles. The standard InChI is InChI=1S/C21H29N3OS.ClH/c1-15-5-4-8-18-20(15)22-19(23-21(18)25)14-26-17-9-11-24(12-10-17)13-16-6-2-3-7-16;/h4-5,8,16-17H,2-3,6-7,9-14H2,1H3,(H,22,23,25);1H. The molecule has 1 aromatic heterocycles. The number of H-pyrrole nitrogens is 1. The number of fused-ring (bicyclic) bond motifs is 1. The molecule has 0 unspecified atom stereocenters. The molecular weight excluding hydrogens is 378 g/mol. The van der Waals surface area contributed by atoms with Gasteiger partial charge in [-0.3, -0.25) is 4.79 Å². The van der Waals surface area contributed by atoms with Crippen molar-refractivity contribution in [3.8, 4) is 0 Å². The Morgan fingerprint density at radius 2 is 1.93 bits per heavy atom. The molecule has 0 spiro atoms. The SMILES string of the molecule is Cc1cccc2c(=O)[nH]c(CSC3CCN(CC4CCCC4)CC3)nc12.Cl. The van der Waals surface area contributed by atoms with Crippen molar-refractivity contribution in [1.82, 2.24) is 14.9 Å². The first kappa shape index (κ1) is 20.7. The maximum atomic E-state index is 12.3. The van der Waals surface area contributed by atoms with Crippen LogP contribution in [0.25, 0.3) is 10.9 Å². The van der Waals surface area contributed by atoms with Crippen LogP contribution in [0.15, 0.2) is 23.0 Å². The molecule has 1 aliphatic heterocycles. The van der Waals surface area contributed by atoms with Crippen LogP contribution in [0.2, 0.25) is 0 Å². The molecule has 4 nitrogen and oxygen atoms in total. The molecule has 4 rings (SSSR count). The van der Waals surface area contributed by atoms with Gasteiger partial charge < -0.3 is 9.88 Å². The second kappa shape index (κ2) is 9.44. The quantitative estimate of drug-likeness (QED) is 0.790. The number of nitrogens with one attached hydrogen (secondary N) is 1. The molecule has 148 valence electrons. The van der Waals surface area contributed by atoms with Gasteiger partial charge in [0, 0.05) is 11.8 Å². The third kappa shape index (κ3) is 5.07. The maximum Gasteiger partial charge on any atom is 0.258 e. The summed E-state index contributed by atoms with van der Waals surface area (Å²) in [5, 5.41) is 1.38. The second-order valence-corrected chi connectivity index (χ2v) is 9.23. The van der Waals surface area contributed by atoms with Crippen molar-refractivity contribution in [3.63, 3.8) is 0 Å². The van der Waals surface area contributed by atoms with Gasteiger partial charge in [0.1, 0.15) is 5.82 Å². The lowest BCUT2D eigenvalue weighted by molar-refractivity contribution is 0.199. The van der Waals surface area contributed by atoms with Crippen molar-refractivity contribution < 1.29 is 0 Å². The van der Waals surface area contributed by atoms with Crippen molar-refractivity contribution in [2.24, 2.45) is 5.92 Å². The van der Waals surface area contributed by atoms with Crippen LogP contribution in [0.4, 0.5) is 0 Å². The Morgan fingerprint density at radius 1 is 1.19 bits per heavy atom. The van der Waals surface area contributed by atoms with E-state index in [0.717, 1.165) is 28.6 Å². The lowest BCUT2D eigenvalue weighted by Gasteiger charge is -2.33. The fourth-order valence-electron chi connectivity index (χ4n) is 4.43. The minimum atomic E-state index is -0.0133. The molecule has 2 aliphatic rings. The van der Waals surface area contributed by atoms with E-state index < -0.39 is 0 Å². The number of aryl methyl sites for hydroxylation is 1. The summed E-state index contributed by atoms with van der Waals surface area (Å²) >= 11 is 1.96. The van der Waals surface area contributed by atoms with E-state index in [1.54, 1.807) is 0 Å². The first-order valence-corrected chi connectivity index (χ1v) is 11.1. The molecule has 1 aliphatic carbocycles. The molecule has 0 atom stereocenters. The Bertz CT molecular complexity index is 811. The molecule has 6 heteroatoms. The number of rotatable bonds is 5. The number of aromatic nitrogens is 2. The van der Waals surface area contributed by atoms with Gasteiger partial charge in [0.15, 0.2) is 0 Å². The highest BCUT2D eigenvalue weighted by Crippen LogP contribution is 2.29. The molecular formula is C21H30ClN3OS. The second-order valence-electron chi connectivity index (χ2n) is 7.95. The van der Waals surface area contributed by atoms with Crippen molar-refractivity contribution >= 4 is 35.1 Å². The third-order valence-electron chi connectivity index (χ3n) is 5.97. The average molecular weight is 408 g/mol. The van der Waals surface area contributed by atoms with Crippen molar-refractivity contribution in [1.29, 1.82) is 0 Å². The molecule has 2 fully saturated rings. The molecule has 0 amide bonds. The van der Waals surface area contributed by atoms with Gasteiger partial charge in [-0.25, -0.2) is 4.98 Å². The number of likely N-dealkylation sites (tertiary alicyclic amines) is 1. The summed E-state index contributed by atoms with van der Waals surface area (Å²) in [6.45, 7) is 5.80. The van der Waals surface area contributed by atoms with Gasteiger partial charge in [-0.2, -0.15) is 11.8 Å². The summed E-state index contributed by atoms with van der Waals surface area (Å²) in [6, 6.07) is 5.79. The van der Waals surface area contributed by atoms with Crippen LogP contribution >= 0.6 is 24.2 Å². The number of hydrogen-bond acceptors (Lipinski definition) is 4. The summed E-state index contributed by atoms with van der Waals surface area (Å²) < 4.78 is 0. The number of piperidine rings is 1. The Balaban J connectivity index is 0.00000210. The Labute approximate surface area is 171 Å². The average Bonchev–Trinajstić information content (AvgIpc) is 3.15. The Hall–Kier alpha value is -1.04. The van der Waals surface area contributed by atoms with Crippen molar-refractivity contribution in [2.45, 2.75) is 56.5 Å². The smallest absolute Gasteiger partial charge is 0.258 e. The third-order valence-corrected chi connectivity index (χ3v) is 7.35. The van der Waals surface area contributed by atoms with E-state index in [-0.39, 0.29) is 18.0 Å². The number of aromatic amines is 1. The van der Waals surface area contributed by atoms with Gasteiger partial charge in [0.05, 0.1) is 16.7 Å². The summed E-state index contributed by atoms with van der Waals surface area (Å²) in [6.07, 6.45) is 8.27. The normalized spacial score (nSPS) is 19.4. The number of halogens is 1. The van der Waals surface area contributed by atoms with E-state index in [9.17, 15) is 4.79 Å². The number of para-hydroxylation sites is 1. The predicted molar refractivity (Wildman–Crippen MR) is 117 cm³/mol. The minimum Gasteiger partial charge on any atom is -0.309 e. The number of benzene rings is 1. The highest BCUT2D eigenvalue weighted by atomic mass is 35.5. The van der Waals surface area contributed by atoms with Gasteiger partial charge in [-0.15, -0.1) is 12.4 Å². The fourth-order valence-corrected chi connectivity index (χ4v) is 5.51. The van der Waals surface area contributed by atoms with Gasteiger partial charge in [0.2, 0.25) is 0 Å². The van der Waals surface area contributed by atoms with Crippen LogP contribution in [-0.4, -0.2) is 39.8 Å². The van der Waals surface area contributed by atoms with E-state index in [4.69, 9.17) is 4.98 Å². The topological polar surface area (TPSA) is 49.0 Å². The van der Waals surface area contributed by atoms with Gasteiger partial charge >= 0.3 is 0 Å². The van der Waals surface area contributed by atoms with E-state index in [0.29, 0.717) is 10.6 Å². The zero-order valence-corrected chi connectivity index (χ0v) is 17.7. The molecule has 2 aromatic rings. The minimum absolute atomic E-state index is 0. The summed E-state index contributed by atoms with van der Waals surface area (Å²) in [5.74, 6) is 2.57. The largest absolute Gasteiger partial charge is 0.309 e. The zero-order chi connectivity index (χ0) is 17.9. The first-order valence-electron chi connectivity index (χ1n) is 10.0. The van der Waals surface area contributed by atoms with Crippen LogP contribution < -0.4 is 5.56 Å². The molecule has 27 heavy (non-hydrogen) atoms. The number of thioether (sulfide) groups is 1. The lowest BCUT2D eigenvalue weighted by atomic mass is 10.0. The molecule has 1 saturated carbocycles. The molecule has 1 saturated heterocycles. The molecule has 0 radical (unpaired) electrons. The lowest BCUT2D eigenvalue weighted by Crippen LogP contribution is -2.37. The Kier molecular flexibility index (Phi) is 7.23. The monoisotopic (exact) mass is 407 g/mol. The van der Waals surface area contributed by atoms with Crippen LogP contribution in [0.5, 0.6) is 0 Å². The summed E-state index contributed by atoms with van der Waals surface area (Å²) in [4.78, 5) is 22.7. The van der Waals surface area contributed by atoms with Gasteiger partial charge in [-0.05, 0) is 63.2 Å². The first-order chi connectivity index (χ1) is 12.7. The van der Waals surface area contributed by atoms with Crippen LogP contribution in [0.1, 0.15) is 49.9 Å². The Morgan fingerprint density at radius 3 is 2.67 bits per heavy atom. The molecule has 0 bridgehead atoms. The number of nitrogens with zero attached hydrogens (tertiary/aromatic N) is 2. The van der Waals surface area contributed by atoms with E-state index >= 15 is 0 Å². The fraction of sp³-hybridized carbons (Fsp3) is 0.619. The maximum absolute atomic E-state index is 12.3. The number of hydrogen-bond donors (Lipinski definition) is 1. The van der Waals surface area contributed by atoms with Crippen LogP contribution in [0.3, 0.4) is 0 Å².